The molecule has 0 saturated heterocycles. The molecule has 1 unspecified atom stereocenters. The smallest absolute Gasteiger partial charge is 0.127 e. The van der Waals surface area contributed by atoms with Crippen LogP contribution in [-0.2, 0) is 0 Å². The van der Waals surface area contributed by atoms with Crippen LogP contribution >= 0.6 is 0 Å². The summed E-state index contributed by atoms with van der Waals surface area (Å²) < 4.78 is 10.7. The van der Waals surface area contributed by atoms with Crippen molar-refractivity contribution < 1.29 is 14.6 Å². The Bertz CT molecular complexity index is 422. The van der Waals surface area contributed by atoms with Crippen LogP contribution in [0.25, 0.3) is 0 Å². The van der Waals surface area contributed by atoms with Gasteiger partial charge in [0.2, 0.25) is 0 Å². The molecule has 4 nitrogen and oxygen atoms in total. The van der Waals surface area contributed by atoms with Crippen LogP contribution in [0.5, 0.6) is 11.5 Å². The van der Waals surface area contributed by atoms with Crippen molar-refractivity contribution in [2.75, 3.05) is 27.4 Å². The fourth-order valence-corrected chi connectivity index (χ4v) is 2.44. The molecule has 4 heteroatoms. The van der Waals surface area contributed by atoms with Gasteiger partial charge < -0.3 is 19.9 Å². The molecule has 1 aromatic carbocycles. The summed E-state index contributed by atoms with van der Waals surface area (Å²) in [4.78, 5) is 0. The zero-order chi connectivity index (χ0) is 15.9. The zero-order valence-corrected chi connectivity index (χ0v) is 13.9. The number of rotatable bonds is 9. The minimum Gasteiger partial charge on any atom is -0.497 e. The Labute approximate surface area is 128 Å². The second-order valence-corrected chi connectivity index (χ2v) is 5.58. The molecule has 120 valence electrons. The molecule has 0 aliphatic carbocycles. The number of aliphatic hydroxyl groups is 1. The molecule has 1 atom stereocenters. The standard InChI is InChI=1S/C17H29NO3/c1-6-17(7-2,12-19)11-18-13(3)15-9-8-14(20-4)10-16(15)21-5/h8-10,13,18-19H,6-7,11-12H2,1-5H3. The maximum Gasteiger partial charge on any atom is 0.127 e. The third-order valence-corrected chi connectivity index (χ3v) is 4.53. The quantitative estimate of drug-likeness (QED) is 0.735. The van der Waals surface area contributed by atoms with E-state index in [1.807, 2.05) is 18.2 Å². The maximum atomic E-state index is 9.65. The Kier molecular flexibility index (Phi) is 6.99. The Morgan fingerprint density at radius 3 is 2.33 bits per heavy atom. The van der Waals surface area contributed by atoms with Crippen LogP contribution in [0.2, 0.25) is 0 Å². The van der Waals surface area contributed by atoms with E-state index in [0.717, 1.165) is 36.4 Å². The van der Waals surface area contributed by atoms with Crippen molar-refractivity contribution in [3.05, 3.63) is 23.8 Å². The van der Waals surface area contributed by atoms with Crippen LogP contribution in [0.3, 0.4) is 0 Å². The molecule has 0 aliphatic heterocycles. The highest BCUT2D eigenvalue weighted by atomic mass is 16.5. The maximum absolute atomic E-state index is 9.65. The van der Waals surface area contributed by atoms with E-state index in [1.54, 1.807) is 14.2 Å². The normalized spacial score (nSPS) is 13.0. The Balaban J connectivity index is 2.82. The first-order valence-corrected chi connectivity index (χ1v) is 7.62. The van der Waals surface area contributed by atoms with Gasteiger partial charge in [0.25, 0.3) is 0 Å². The van der Waals surface area contributed by atoms with Crippen molar-refractivity contribution >= 4 is 0 Å². The Morgan fingerprint density at radius 1 is 1.19 bits per heavy atom. The molecule has 21 heavy (non-hydrogen) atoms. The van der Waals surface area contributed by atoms with Gasteiger partial charge >= 0.3 is 0 Å². The first-order chi connectivity index (χ1) is 10.1. The van der Waals surface area contributed by atoms with Gasteiger partial charge in [0.15, 0.2) is 0 Å². The van der Waals surface area contributed by atoms with E-state index in [0.29, 0.717) is 0 Å². The van der Waals surface area contributed by atoms with Crippen LogP contribution < -0.4 is 14.8 Å². The molecule has 1 rings (SSSR count). The Morgan fingerprint density at radius 2 is 1.86 bits per heavy atom. The van der Waals surface area contributed by atoms with Gasteiger partial charge in [-0.2, -0.15) is 0 Å². The van der Waals surface area contributed by atoms with E-state index in [4.69, 9.17) is 9.47 Å². The van der Waals surface area contributed by atoms with E-state index < -0.39 is 0 Å². The first-order valence-electron chi connectivity index (χ1n) is 7.62. The van der Waals surface area contributed by atoms with Crippen molar-refractivity contribution in [1.82, 2.24) is 5.32 Å². The van der Waals surface area contributed by atoms with Gasteiger partial charge in [-0.3, -0.25) is 0 Å². The highest BCUT2D eigenvalue weighted by molar-refractivity contribution is 5.42. The third kappa shape index (κ3) is 4.35. The van der Waals surface area contributed by atoms with Crippen molar-refractivity contribution in [2.24, 2.45) is 5.41 Å². The SMILES string of the molecule is CCC(CC)(CO)CNC(C)c1ccc(OC)cc1OC. The van der Waals surface area contributed by atoms with Crippen LogP contribution in [0.15, 0.2) is 18.2 Å². The molecule has 0 aliphatic rings. The van der Waals surface area contributed by atoms with Gasteiger partial charge in [-0.15, -0.1) is 0 Å². The summed E-state index contributed by atoms with van der Waals surface area (Å²) in [7, 11) is 3.31. The third-order valence-electron chi connectivity index (χ3n) is 4.53. The van der Waals surface area contributed by atoms with E-state index in [9.17, 15) is 5.11 Å². The topological polar surface area (TPSA) is 50.7 Å². The van der Waals surface area contributed by atoms with Crippen LogP contribution in [0.4, 0.5) is 0 Å². The molecular weight excluding hydrogens is 266 g/mol. The van der Waals surface area contributed by atoms with Crippen molar-refractivity contribution in [1.29, 1.82) is 0 Å². The Hall–Kier alpha value is -1.26. The molecule has 1 aromatic rings. The van der Waals surface area contributed by atoms with Gasteiger partial charge in [-0.05, 0) is 25.8 Å². The van der Waals surface area contributed by atoms with E-state index in [-0.39, 0.29) is 18.1 Å². The van der Waals surface area contributed by atoms with E-state index in [1.165, 1.54) is 0 Å². The largest absolute Gasteiger partial charge is 0.497 e. The summed E-state index contributed by atoms with van der Waals surface area (Å²) in [6.07, 6.45) is 1.92. The zero-order valence-electron chi connectivity index (χ0n) is 13.9. The lowest BCUT2D eigenvalue weighted by atomic mass is 9.83. The van der Waals surface area contributed by atoms with Gasteiger partial charge in [0.1, 0.15) is 11.5 Å². The number of methoxy groups -OCH3 is 2. The lowest BCUT2D eigenvalue weighted by molar-refractivity contribution is 0.110. The highest BCUT2D eigenvalue weighted by Crippen LogP contribution is 2.31. The molecule has 0 bridgehead atoms. The van der Waals surface area contributed by atoms with Gasteiger partial charge in [0.05, 0.1) is 14.2 Å². The summed E-state index contributed by atoms with van der Waals surface area (Å²) in [6.45, 7) is 7.35. The monoisotopic (exact) mass is 295 g/mol. The minimum absolute atomic E-state index is 0.0477. The fourth-order valence-electron chi connectivity index (χ4n) is 2.44. The molecule has 0 spiro atoms. The van der Waals surface area contributed by atoms with E-state index >= 15 is 0 Å². The number of ether oxygens (including phenoxy) is 2. The summed E-state index contributed by atoms with van der Waals surface area (Å²) in [5.41, 5.74) is 1.05. The van der Waals surface area contributed by atoms with Crippen molar-refractivity contribution in [3.63, 3.8) is 0 Å². The molecule has 2 N–H and O–H groups in total. The van der Waals surface area contributed by atoms with Crippen LogP contribution in [0, 0.1) is 5.41 Å². The number of hydrogen-bond acceptors (Lipinski definition) is 4. The van der Waals surface area contributed by atoms with Gasteiger partial charge in [0, 0.05) is 36.2 Å². The first kappa shape index (κ1) is 17.8. The number of hydrogen-bond donors (Lipinski definition) is 2. The fraction of sp³-hybridized carbons (Fsp3) is 0.647. The molecule has 0 radical (unpaired) electrons. The number of aliphatic hydroxyl groups excluding tert-OH is 1. The summed E-state index contributed by atoms with van der Waals surface area (Å²) >= 11 is 0. The number of benzene rings is 1. The number of nitrogens with one attached hydrogen (secondary N) is 1. The second-order valence-electron chi connectivity index (χ2n) is 5.58. The van der Waals surface area contributed by atoms with Crippen molar-refractivity contribution in [3.8, 4) is 11.5 Å². The molecule has 0 heterocycles. The molecule has 0 fully saturated rings. The minimum atomic E-state index is -0.0477. The summed E-state index contributed by atoms with van der Waals surface area (Å²) in [6, 6.07) is 6.00. The highest BCUT2D eigenvalue weighted by Gasteiger charge is 2.26. The summed E-state index contributed by atoms with van der Waals surface area (Å²) in [5, 5.41) is 13.2. The predicted octanol–water partition coefficient (Wildman–Crippen LogP) is 3.15. The lowest BCUT2D eigenvalue weighted by Crippen LogP contribution is -2.37. The van der Waals surface area contributed by atoms with Gasteiger partial charge in [-0.1, -0.05) is 19.9 Å². The average molecular weight is 295 g/mol. The van der Waals surface area contributed by atoms with Crippen LogP contribution in [0.1, 0.15) is 45.2 Å². The molecule has 0 aromatic heterocycles. The molecule has 0 saturated carbocycles. The predicted molar refractivity (Wildman–Crippen MR) is 86.1 cm³/mol. The van der Waals surface area contributed by atoms with Crippen LogP contribution in [-0.4, -0.2) is 32.5 Å². The summed E-state index contributed by atoms with van der Waals surface area (Å²) in [5.74, 6) is 1.60. The molecule has 0 amide bonds. The van der Waals surface area contributed by atoms with E-state index in [2.05, 4.69) is 26.1 Å². The molecular formula is C17H29NO3. The second kappa shape index (κ2) is 8.25. The van der Waals surface area contributed by atoms with Crippen molar-refractivity contribution in [2.45, 2.75) is 39.7 Å². The average Bonchev–Trinajstić information content (AvgIpc) is 2.55. The lowest BCUT2D eigenvalue weighted by Gasteiger charge is -2.31. The van der Waals surface area contributed by atoms with Gasteiger partial charge in [-0.25, -0.2) is 0 Å².